The monoisotopic (exact) mass is 479 g/mol. The predicted molar refractivity (Wildman–Crippen MR) is 139 cm³/mol. The molecule has 5 rings (SSSR count). The highest BCUT2D eigenvalue weighted by molar-refractivity contribution is 6.07. The van der Waals surface area contributed by atoms with E-state index in [0.717, 1.165) is 28.1 Å². The normalized spacial score (nSPS) is 17.6. The first kappa shape index (κ1) is 23.5. The number of rotatable bonds is 8. The van der Waals surface area contributed by atoms with Crippen molar-refractivity contribution in [3.63, 3.8) is 0 Å². The number of carbonyl (C=O) groups is 2. The zero-order chi connectivity index (χ0) is 25.1. The third-order valence-corrected chi connectivity index (χ3v) is 6.65. The Morgan fingerprint density at radius 1 is 0.889 bits per heavy atom. The van der Waals surface area contributed by atoms with Crippen LogP contribution in [0.3, 0.4) is 0 Å². The Bertz CT molecular complexity index is 1350. The number of para-hydroxylation sites is 1. The van der Waals surface area contributed by atoms with Gasteiger partial charge in [0.15, 0.2) is 0 Å². The minimum Gasteiger partial charge on any atom is -0.319 e. The van der Waals surface area contributed by atoms with E-state index in [1.165, 1.54) is 4.90 Å². The number of nitrogens with one attached hydrogen (secondary N) is 1. The number of amides is 3. The Kier molecular flexibility index (Phi) is 6.40. The van der Waals surface area contributed by atoms with Crippen LogP contribution in [0.5, 0.6) is 0 Å². The lowest BCUT2D eigenvalue weighted by atomic mass is 9.87. The second kappa shape index (κ2) is 9.79. The highest BCUT2D eigenvalue weighted by Gasteiger charge is 2.51. The Hall–Kier alpha value is -4.23. The summed E-state index contributed by atoms with van der Waals surface area (Å²) in [6.45, 7) is 2.60. The summed E-state index contributed by atoms with van der Waals surface area (Å²) in [7, 11) is 1.91. The fourth-order valence-electron chi connectivity index (χ4n) is 4.78. The lowest BCUT2D eigenvalue weighted by Gasteiger charge is -2.27. The van der Waals surface area contributed by atoms with Crippen molar-refractivity contribution in [2.24, 2.45) is 0 Å². The van der Waals surface area contributed by atoms with Crippen molar-refractivity contribution in [3.8, 4) is 16.9 Å². The van der Waals surface area contributed by atoms with E-state index in [4.69, 9.17) is 5.10 Å². The van der Waals surface area contributed by atoms with Crippen LogP contribution in [0.15, 0.2) is 97.2 Å². The predicted octanol–water partition coefficient (Wildman–Crippen LogP) is 4.79. The summed E-state index contributed by atoms with van der Waals surface area (Å²) in [6, 6.07) is 29.1. The lowest BCUT2D eigenvalue weighted by Crippen LogP contribution is -2.44. The highest BCUT2D eigenvalue weighted by Crippen LogP contribution is 2.32. The lowest BCUT2D eigenvalue weighted by molar-refractivity contribution is -0.133. The number of carbonyl (C=O) groups excluding carboxylic acids is 2. The first-order chi connectivity index (χ1) is 17.5. The molecule has 4 aromatic rings. The van der Waals surface area contributed by atoms with Crippen LogP contribution in [-0.4, -0.2) is 45.2 Å². The van der Waals surface area contributed by atoms with Gasteiger partial charge in [-0.15, -0.1) is 0 Å². The van der Waals surface area contributed by atoms with Gasteiger partial charge in [-0.2, -0.15) is 5.10 Å². The summed E-state index contributed by atoms with van der Waals surface area (Å²) in [5, 5.41) is 7.83. The summed E-state index contributed by atoms with van der Waals surface area (Å²) in [6.07, 6.45) is 2.49. The highest BCUT2D eigenvalue weighted by atomic mass is 16.2. The molecule has 0 spiro atoms. The molecule has 1 atom stereocenters. The van der Waals surface area contributed by atoms with Crippen molar-refractivity contribution < 1.29 is 9.59 Å². The van der Waals surface area contributed by atoms with Gasteiger partial charge in [0.25, 0.3) is 5.91 Å². The van der Waals surface area contributed by atoms with Crippen molar-refractivity contribution >= 4 is 11.9 Å². The molecule has 0 saturated carbocycles. The molecule has 1 aliphatic rings. The van der Waals surface area contributed by atoms with Crippen LogP contribution in [0.2, 0.25) is 0 Å². The van der Waals surface area contributed by atoms with Gasteiger partial charge in [0.05, 0.1) is 18.1 Å². The van der Waals surface area contributed by atoms with E-state index in [-0.39, 0.29) is 18.6 Å². The SMILES string of the molecule is CCC1(c2ccccc2)NC(=O)N(CN(C)Cc2cn(-c3ccccc3)nc2-c2ccccc2)C1=O. The molecule has 0 bridgehead atoms. The molecule has 1 unspecified atom stereocenters. The molecule has 7 nitrogen and oxygen atoms in total. The topological polar surface area (TPSA) is 70.5 Å². The first-order valence-electron chi connectivity index (χ1n) is 12.1. The van der Waals surface area contributed by atoms with E-state index in [1.807, 2.05) is 121 Å². The number of nitrogens with zero attached hydrogens (tertiary/aromatic N) is 4. The van der Waals surface area contributed by atoms with Crippen LogP contribution < -0.4 is 5.32 Å². The molecule has 0 radical (unpaired) electrons. The molecule has 36 heavy (non-hydrogen) atoms. The Balaban J connectivity index is 1.40. The third kappa shape index (κ3) is 4.29. The van der Waals surface area contributed by atoms with Crippen molar-refractivity contribution in [2.75, 3.05) is 13.7 Å². The molecule has 1 saturated heterocycles. The van der Waals surface area contributed by atoms with Crippen molar-refractivity contribution in [1.82, 2.24) is 24.9 Å². The molecule has 3 amide bonds. The van der Waals surface area contributed by atoms with Crippen LogP contribution in [0.4, 0.5) is 4.79 Å². The van der Waals surface area contributed by atoms with Gasteiger partial charge in [-0.25, -0.2) is 14.4 Å². The van der Waals surface area contributed by atoms with E-state index in [2.05, 4.69) is 5.32 Å². The summed E-state index contributed by atoms with van der Waals surface area (Å²) < 4.78 is 1.87. The van der Waals surface area contributed by atoms with E-state index in [9.17, 15) is 9.59 Å². The Morgan fingerprint density at radius 2 is 1.50 bits per heavy atom. The van der Waals surface area contributed by atoms with Crippen molar-refractivity contribution in [3.05, 3.63) is 108 Å². The molecular weight excluding hydrogens is 450 g/mol. The second-order valence-corrected chi connectivity index (χ2v) is 9.09. The number of hydrogen-bond acceptors (Lipinski definition) is 4. The number of hydrogen-bond donors (Lipinski definition) is 1. The summed E-state index contributed by atoms with van der Waals surface area (Å²) in [5.74, 6) is -0.226. The number of urea groups is 1. The Labute approximate surface area is 211 Å². The summed E-state index contributed by atoms with van der Waals surface area (Å²) in [5.41, 5.74) is 3.62. The average Bonchev–Trinajstić information content (AvgIpc) is 3.45. The standard InChI is InChI=1S/C29H29N5O2/c1-3-29(24-15-9-5-10-16-24)27(35)33(28(36)30-29)21-32(2)19-23-20-34(25-17-11-6-12-18-25)31-26(23)22-13-7-4-8-14-22/h4-18,20H,3,19,21H2,1-2H3,(H,30,36). The molecule has 7 heteroatoms. The van der Waals surface area contributed by atoms with Gasteiger partial charge in [0.1, 0.15) is 5.54 Å². The van der Waals surface area contributed by atoms with Gasteiger partial charge >= 0.3 is 6.03 Å². The smallest absolute Gasteiger partial charge is 0.319 e. The Morgan fingerprint density at radius 3 is 2.14 bits per heavy atom. The van der Waals surface area contributed by atoms with Gasteiger partial charge in [-0.05, 0) is 31.2 Å². The van der Waals surface area contributed by atoms with E-state index >= 15 is 0 Å². The largest absolute Gasteiger partial charge is 0.326 e. The zero-order valence-corrected chi connectivity index (χ0v) is 20.5. The number of imide groups is 1. The van der Waals surface area contributed by atoms with Gasteiger partial charge in [-0.1, -0.05) is 85.8 Å². The van der Waals surface area contributed by atoms with Gasteiger partial charge in [0, 0.05) is 23.9 Å². The number of benzene rings is 3. The van der Waals surface area contributed by atoms with Gasteiger partial charge < -0.3 is 5.32 Å². The van der Waals surface area contributed by atoms with Crippen LogP contribution in [0, 0.1) is 0 Å². The molecule has 3 aromatic carbocycles. The van der Waals surface area contributed by atoms with E-state index < -0.39 is 5.54 Å². The first-order valence-corrected chi connectivity index (χ1v) is 12.1. The molecule has 1 aliphatic heterocycles. The minimum absolute atomic E-state index is 0.171. The molecule has 0 aliphatic carbocycles. The number of aromatic nitrogens is 2. The summed E-state index contributed by atoms with van der Waals surface area (Å²) >= 11 is 0. The van der Waals surface area contributed by atoms with Crippen molar-refractivity contribution in [2.45, 2.75) is 25.4 Å². The van der Waals surface area contributed by atoms with Crippen molar-refractivity contribution in [1.29, 1.82) is 0 Å². The summed E-state index contributed by atoms with van der Waals surface area (Å²) in [4.78, 5) is 29.8. The zero-order valence-electron chi connectivity index (χ0n) is 20.5. The third-order valence-electron chi connectivity index (χ3n) is 6.65. The van der Waals surface area contributed by atoms with E-state index in [1.54, 1.807) is 0 Å². The average molecular weight is 480 g/mol. The fraction of sp³-hybridized carbons (Fsp3) is 0.207. The molecule has 1 aromatic heterocycles. The van der Waals surface area contributed by atoms with Gasteiger partial charge in [0.2, 0.25) is 0 Å². The van der Waals surface area contributed by atoms with Crippen LogP contribution in [0.1, 0.15) is 24.5 Å². The maximum Gasteiger partial charge on any atom is 0.326 e. The quantitative estimate of drug-likeness (QED) is 0.369. The molecule has 1 N–H and O–H groups in total. The maximum absolute atomic E-state index is 13.5. The maximum atomic E-state index is 13.5. The van der Waals surface area contributed by atoms with Crippen LogP contribution in [-0.2, 0) is 16.9 Å². The van der Waals surface area contributed by atoms with E-state index in [0.29, 0.717) is 13.0 Å². The second-order valence-electron chi connectivity index (χ2n) is 9.09. The van der Waals surface area contributed by atoms with Gasteiger partial charge in [-0.3, -0.25) is 9.69 Å². The van der Waals surface area contributed by atoms with Crippen LogP contribution in [0.25, 0.3) is 16.9 Å². The molecular formula is C29H29N5O2. The minimum atomic E-state index is -1.04. The molecule has 2 heterocycles. The fourth-order valence-corrected chi connectivity index (χ4v) is 4.78. The molecule has 182 valence electrons. The molecule has 1 fully saturated rings. The van der Waals surface area contributed by atoms with Crippen LogP contribution >= 0.6 is 0 Å².